The number of halogens is 3. The van der Waals surface area contributed by atoms with E-state index in [0.717, 1.165) is 6.07 Å². The van der Waals surface area contributed by atoms with Crippen molar-refractivity contribution in [2.75, 3.05) is 7.05 Å². The molecule has 90 valence electrons. The molecular formula is C12H10F3NO. The van der Waals surface area contributed by atoms with Crippen molar-refractivity contribution in [3.05, 3.63) is 59.3 Å². The summed E-state index contributed by atoms with van der Waals surface area (Å²) < 4.78 is 44.6. The van der Waals surface area contributed by atoms with Gasteiger partial charge in [-0.2, -0.15) is 0 Å². The second-order valence-corrected chi connectivity index (χ2v) is 3.52. The Morgan fingerprint density at radius 1 is 1.12 bits per heavy atom. The van der Waals surface area contributed by atoms with Gasteiger partial charge in [-0.25, -0.2) is 13.2 Å². The van der Waals surface area contributed by atoms with Crippen molar-refractivity contribution in [2.24, 2.45) is 0 Å². The minimum atomic E-state index is -1.21. The molecule has 0 aliphatic heterocycles. The molecule has 1 heterocycles. The molecule has 0 bridgehead atoms. The van der Waals surface area contributed by atoms with Gasteiger partial charge in [0.05, 0.1) is 12.3 Å². The highest BCUT2D eigenvalue weighted by Crippen LogP contribution is 2.26. The molecule has 0 saturated carbocycles. The lowest BCUT2D eigenvalue weighted by Gasteiger charge is -2.15. The summed E-state index contributed by atoms with van der Waals surface area (Å²) in [4.78, 5) is 0. The van der Waals surface area contributed by atoms with Gasteiger partial charge in [-0.15, -0.1) is 0 Å². The molecule has 0 radical (unpaired) electrons. The maximum atomic E-state index is 13.6. The van der Waals surface area contributed by atoms with E-state index in [1.165, 1.54) is 6.26 Å². The van der Waals surface area contributed by atoms with Crippen LogP contribution in [0, 0.1) is 17.5 Å². The molecule has 5 heteroatoms. The molecule has 1 unspecified atom stereocenters. The molecule has 2 aromatic rings. The Kier molecular flexibility index (Phi) is 3.19. The van der Waals surface area contributed by atoms with Gasteiger partial charge in [-0.05, 0) is 25.2 Å². The van der Waals surface area contributed by atoms with Crippen LogP contribution in [0.5, 0.6) is 0 Å². The van der Waals surface area contributed by atoms with Crippen LogP contribution in [0.4, 0.5) is 13.2 Å². The average molecular weight is 241 g/mol. The molecule has 17 heavy (non-hydrogen) atoms. The number of hydrogen-bond donors (Lipinski definition) is 1. The highest BCUT2D eigenvalue weighted by molar-refractivity contribution is 5.29. The Balaban J connectivity index is 2.48. The molecule has 1 atom stereocenters. The Bertz CT molecular complexity index is 511. The molecule has 0 aliphatic carbocycles. The van der Waals surface area contributed by atoms with Crippen molar-refractivity contribution < 1.29 is 17.6 Å². The molecule has 2 rings (SSSR count). The standard InChI is InChI=1S/C12H10F3NO/c1-16-12(11-3-2-4-17-11)7-5-9(14)10(15)6-8(7)13/h2-6,12,16H,1H3. The third kappa shape index (κ3) is 2.19. The van der Waals surface area contributed by atoms with Gasteiger partial charge >= 0.3 is 0 Å². The smallest absolute Gasteiger partial charge is 0.161 e. The fraction of sp³-hybridized carbons (Fsp3) is 0.167. The quantitative estimate of drug-likeness (QED) is 0.835. The number of benzene rings is 1. The molecule has 1 N–H and O–H groups in total. The van der Waals surface area contributed by atoms with Crippen LogP contribution in [-0.2, 0) is 0 Å². The third-order valence-corrected chi connectivity index (χ3v) is 2.47. The second-order valence-electron chi connectivity index (χ2n) is 3.52. The Morgan fingerprint density at radius 3 is 2.41 bits per heavy atom. The maximum Gasteiger partial charge on any atom is 0.161 e. The normalized spacial score (nSPS) is 12.7. The highest BCUT2D eigenvalue weighted by Gasteiger charge is 2.21. The summed E-state index contributed by atoms with van der Waals surface area (Å²) in [5, 5.41) is 2.79. The minimum absolute atomic E-state index is 0.00125. The van der Waals surface area contributed by atoms with Crippen molar-refractivity contribution in [1.29, 1.82) is 0 Å². The molecule has 1 aromatic heterocycles. The van der Waals surface area contributed by atoms with E-state index in [1.54, 1.807) is 19.2 Å². The van der Waals surface area contributed by atoms with Crippen molar-refractivity contribution in [3.63, 3.8) is 0 Å². The fourth-order valence-corrected chi connectivity index (χ4v) is 1.67. The molecule has 0 amide bonds. The van der Waals surface area contributed by atoms with Crippen molar-refractivity contribution in [3.8, 4) is 0 Å². The zero-order valence-corrected chi connectivity index (χ0v) is 9.01. The van der Waals surface area contributed by atoms with Gasteiger partial charge in [0, 0.05) is 11.6 Å². The summed E-state index contributed by atoms with van der Waals surface area (Å²) in [6.07, 6.45) is 1.43. The SMILES string of the molecule is CNC(c1ccco1)c1cc(F)c(F)cc1F. The average Bonchev–Trinajstić information content (AvgIpc) is 2.80. The lowest BCUT2D eigenvalue weighted by molar-refractivity contribution is 0.442. The monoisotopic (exact) mass is 241 g/mol. The lowest BCUT2D eigenvalue weighted by Crippen LogP contribution is -2.19. The molecule has 0 spiro atoms. The predicted octanol–water partition coefficient (Wildman–Crippen LogP) is 3.01. The van der Waals surface area contributed by atoms with E-state index in [9.17, 15) is 13.2 Å². The van der Waals surface area contributed by atoms with Crippen LogP contribution in [0.15, 0.2) is 34.9 Å². The van der Waals surface area contributed by atoms with Crippen molar-refractivity contribution >= 4 is 0 Å². The molecule has 0 aliphatic rings. The number of rotatable bonds is 3. The summed E-state index contributed by atoms with van der Waals surface area (Å²) in [6.45, 7) is 0. The van der Waals surface area contributed by atoms with Gasteiger partial charge < -0.3 is 9.73 Å². The Morgan fingerprint density at radius 2 is 1.82 bits per heavy atom. The first-order valence-corrected chi connectivity index (χ1v) is 4.98. The molecule has 0 fully saturated rings. The molecular weight excluding hydrogens is 231 g/mol. The van der Waals surface area contributed by atoms with E-state index in [2.05, 4.69) is 5.32 Å². The van der Waals surface area contributed by atoms with Gasteiger partial charge in [-0.1, -0.05) is 0 Å². The lowest BCUT2D eigenvalue weighted by atomic mass is 10.0. The first-order chi connectivity index (χ1) is 8.13. The second kappa shape index (κ2) is 4.63. The van der Waals surface area contributed by atoms with Crippen molar-refractivity contribution in [2.45, 2.75) is 6.04 Å². The summed E-state index contributed by atoms with van der Waals surface area (Å²) in [7, 11) is 1.58. The number of furan rings is 1. The van der Waals surface area contributed by atoms with Gasteiger partial charge in [0.15, 0.2) is 11.6 Å². The van der Waals surface area contributed by atoms with Gasteiger partial charge in [-0.3, -0.25) is 0 Å². The van der Waals surface area contributed by atoms with Crippen LogP contribution < -0.4 is 5.32 Å². The summed E-state index contributed by atoms with van der Waals surface area (Å²) in [5.41, 5.74) is 0.00125. The van der Waals surface area contributed by atoms with Gasteiger partial charge in [0.1, 0.15) is 11.6 Å². The van der Waals surface area contributed by atoms with Crippen LogP contribution in [0.25, 0.3) is 0 Å². The molecule has 1 aromatic carbocycles. The highest BCUT2D eigenvalue weighted by atomic mass is 19.2. The summed E-state index contributed by atoms with van der Waals surface area (Å²) >= 11 is 0. The predicted molar refractivity (Wildman–Crippen MR) is 55.9 cm³/mol. The van der Waals surface area contributed by atoms with Gasteiger partial charge in [0.2, 0.25) is 0 Å². The molecule has 2 nitrogen and oxygen atoms in total. The van der Waals surface area contributed by atoms with E-state index in [1.807, 2.05) is 0 Å². The van der Waals surface area contributed by atoms with E-state index < -0.39 is 23.5 Å². The van der Waals surface area contributed by atoms with Crippen LogP contribution in [0.2, 0.25) is 0 Å². The number of hydrogen-bond acceptors (Lipinski definition) is 2. The van der Waals surface area contributed by atoms with E-state index in [0.29, 0.717) is 11.8 Å². The maximum absolute atomic E-state index is 13.6. The minimum Gasteiger partial charge on any atom is -0.467 e. The van der Waals surface area contributed by atoms with E-state index in [-0.39, 0.29) is 5.56 Å². The summed E-state index contributed by atoms with van der Waals surface area (Å²) in [5.74, 6) is -2.69. The topological polar surface area (TPSA) is 25.2 Å². The largest absolute Gasteiger partial charge is 0.467 e. The number of nitrogens with one attached hydrogen (secondary N) is 1. The third-order valence-electron chi connectivity index (χ3n) is 2.47. The van der Waals surface area contributed by atoms with E-state index >= 15 is 0 Å². The van der Waals surface area contributed by atoms with Crippen molar-refractivity contribution in [1.82, 2.24) is 5.32 Å². The zero-order chi connectivity index (χ0) is 12.4. The fourth-order valence-electron chi connectivity index (χ4n) is 1.67. The van der Waals surface area contributed by atoms with E-state index in [4.69, 9.17) is 4.42 Å². The first-order valence-electron chi connectivity index (χ1n) is 4.98. The summed E-state index contributed by atoms with van der Waals surface area (Å²) in [6, 6.07) is 3.96. The Labute approximate surface area is 96.1 Å². The first kappa shape index (κ1) is 11.7. The zero-order valence-electron chi connectivity index (χ0n) is 9.01. The van der Waals surface area contributed by atoms with Crippen LogP contribution in [-0.4, -0.2) is 7.05 Å². The van der Waals surface area contributed by atoms with Gasteiger partial charge in [0.25, 0.3) is 0 Å². The van der Waals surface area contributed by atoms with Crippen LogP contribution >= 0.6 is 0 Å². The molecule has 0 saturated heterocycles. The van der Waals surface area contributed by atoms with Crippen LogP contribution in [0.3, 0.4) is 0 Å². The Hall–Kier alpha value is -1.75. The van der Waals surface area contributed by atoms with Crippen LogP contribution in [0.1, 0.15) is 17.4 Å².